The molecule has 7 nitrogen and oxygen atoms in total. The Morgan fingerprint density at radius 2 is 0.865 bits per heavy atom. The average molecular weight is 585 g/mol. The molecule has 0 aliphatic rings. The van der Waals surface area contributed by atoms with Gasteiger partial charge in [0.1, 0.15) is 30.7 Å². The van der Waals surface area contributed by atoms with Crippen LogP contribution < -0.4 is 22.1 Å². The molecular formula is C29H50BrN3O4. The molecule has 212 valence electrons. The normalized spacial score (nSPS) is 10.7. The fourth-order valence-electron chi connectivity index (χ4n) is 3.99. The first-order chi connectivity index (χ1) is 17.0. The molecule has 0 atom stereocenters. The van der Waals surface area contributed by atoms with Crippen LogP contribution in [-0.4, -0.2) is 83.5 Å². The monoisotopic (exact) mass is 583 g/mol. The van der Waals surface area contributed by atoms with Crippen LogP contribution in [-0.2, 0) is 13.1 Å². The second-order valence-corrected chi connectivity index (χ2v) is 9.39. The van der Waals surface area contributed by atoms with Crippen LogP contribution in [0.5, 0.6) is 11.5 Å². The summed E-state index contributed by atoms with van der Waals surface area (Å²) in [5.41, 5.74) is 2.61. The highest BCUT2D eigenvalue weighted by atomic mass is 79.9. The number of carboxylic acid groups (broad SMARTS) is 1. The standard InChI is InChI=1S/2C13H21NO.C3H7NO2.BrH/c2*1-4-14(5-2,6-3)11-12-7-9-13(15)10-8-12;1-4(2)3(5)6;/h2*7-10H,4-6,11H2,1-3H3;1-2H3,(H,5,6);1H. The van der Waals surface area contributed by atoms with Crippen molar-refractivity contribution in [1.82, 2.24) is 4.90 Å². The first-order valence-corrected chi connectivity index (χ1v) is 13.1. The predicted octanol–water partition coefficient (Wildman–Crippen LogP) is 1.43. The summed E-state index contributed by atoms with van der Waals surface area (Å²) in [5, 5.41) is 28.0. The number of phenols is 2. The maximum absolute atomic E-state index is 9.51. The third kappa shape index (κ3) is 13.7. The first kappa shape index (κ1) is 36.9. The van der Waals surface area contributed by atoms with Crippen LogP contribution in [0.2, 0.25) is 0 Å². The summed E-state index contributed by atoms with van der Waals surface area (Å²) in [5.74, 6) is 0.697. The molecule has 0 spiro atoms. The van der Waals surface area contributed by atoms with Crippen LogP contribution in [0.3, 0.4) is 0 Å². The number of aromatic hydroxyl groups is 2. The van der Waals surface area contributed by atoms with Gasteiger partial charge in [0.05, 0.1) is 39.3 Å². The number of phenolic OH excluding ortho intramolecular Hbond substituents is 2. The Hall–Kier alpha value is -2.29. The van der Waals surface area contributed by atoms with E-state index in [9.17, 15) is 20.1 Å². The summed E-state index contributed by atoms with van der Waals surface area (Å²) in [6, 6.07) is 15.1. The summed E-state index contributed by atoms with van der Waals surface area (Å²) in [6.45, 7) is 22.5. The Kier molecular flexibility index (Phi) is 18.8. The maximum atomic E-state index is 9.51. The van der Waals surface area contributed by atoms with Gasteiger partial charge in [-0.3, -0.25) is 0 Å². The van der Waals surface area contributed by atoms with E-state index in [1.165, 1.54) is 25.2 Å². The largest absolute Gasteiger partial charge is 1.00 e. The van der Waals surface area contributed by atoms with Gasteiger partial charge in [-0.15, -0.1) is 0 Å². The lowest BCUT2D eigenvalue weighted by molar-refractivity contribution is -0.936. The van der Waals surface area contributed by atoms with Gasteiger partial charge in [0, 0.05) is 25.2 Å². The highest BCUT2D eigenvalue weighted by Gasteiger charge is 2.21. The molecule has 8 heteroatoms. The van der Waals surface area contributed by atoms with E-state index >= 15 is 0 Å². The molecule has 0 bridgehead atoms. The number of nitrogens with zero attached hydrogens (tertiary/aromatic N) is 3. The van der Waals surface area contributed by atoms with Gasteiger partial charge in [-0.05, 0) is 90.1 Å². The second kappa shape index (κ2) is 18.9. The topological polar surface area (TPSA) is 83.8 Å². The molecular weight excluding hydrogens is 534 g/mol. The number of hydrogen-bond donors (Lipinski definition) is 2. The molecule has 0 aromatic heterocycles. The zero-order valence-corrected chi connectivity index (χ0v) is 25.8. The molecule has 2 aromatic carbocycles. The molecule has 0 saturated heterocycles. The molecule has 2 aromatic rings. The van der Waals surface area contributed by atoms with Crippen LogP contribution in [0.1, 0.15) is 52.7 Å². The van der Waals surface area contributed by atoms with Crippen LogP contribution >= 0.6 is 0 Å². The number of halogens is 1. The Labute approximate surface area is 235 Å². The lowest BCUT2D eigenvalue weighted by Crippen LogP contribution is -3.00. The molecule has 1 amide bonds. The molecule has 37 heavy (non-hydrogen) atoms. The van der Waals surface area contributed by atoms with Crippen LogP contribution in [0.25, 0.3) is 0 Å². The molecule has 2 rings (SSSR count). The van der Waals surface area contributed by atoms with Crippen molar-refractivity contribution in [2.24, 2.45) is 0 Å². The van der Waals surface area contributed by atoms with Crippen molar-refractivity contribution in [2.45, 2.75) is 54.6 Å². The third-order valence-electron chi connectivity index (χ3n) is 7.30. The highest BCUT2D eigenvalue weighted by Crippen LogP contribution is 2.18. The van der Waals surface area contributed by atoms with E-state index in [1.807, 2.05) is 24.3 Å². The van der Waals surface area contributed by atoms with E-state index in [-0.39, 0.29) is 17.0 Å². The van der Waals surface area contributed by atoms with E-state index in [2.05, 4.69) is 41.5 Å². The van der Waals surface area contributed by atoms with Gasteiger partial charge in [-0.1, -0.05) is 0 Å². The van der Waals surface area contributed by atoms with Crippen LogP contribution in [0, 0.1) is 0 Å². The summed E-state index contributed by atoms with van der Waals surface area (Å²) < 4.78 is 2.23. The van der Waals surface area contributed by atoms with Crippen molar-refractivity contribution in [3.05, 3.63) is 59.7 Å². The summed E-state index contributed by atoms with van der Waals surface area (Å²) in [7, 11) is 2.82. The van der Waals surface area contributed by atoms with E-state index in [4.69, 9.17) is 0 Å². The Morgan fingerprint density at radius 1 is 0.649 bits per heavy atom. The van der Waals surface area contributed by atoms with Crippen LogP contribution in [0.4, 0.5) is 4.79 Å². The van der Waals surface area contributed by atoms with Gasteiger partial charge in [-0.25, -0.2) is 0 Å². The van der Waals surface area contributed by atoms with E-state index < -0.39 is 6.09 Å². The van der Waals surface area contributed by atoms with Gasteiger partial charge >= 0.3 is 0 Å². The number of rotatable bonds is 10. The van der Waals surface area contributed by atoms with Crippen LogP contribution in [0.15, 0.2) is 48.5 Å². The van der Waals surface area contributed by atoms with E-state index in [1.54, 1.807) is 24.3 Å². The minimum atomic E-state index is -1.16. The van der Waals surface area contributed by atoms with E-state index in [0.717, 1.165) is 66.2 Å². The zero-order chi connectivity index (χ0) is 27.8. The second-order valence-electron chi connectivity index (χ2n) is 9.39. The number of amides is 1. The fraction of sp³-hybridized carbons (Fsp3) is 0.552. The van der Waals surface area contributed by atoms with E-state index in [0.29, 0.717) is 11.5 Å². The quantitative estimate of drug-likeness (QED) is 0.414. The van der Waals surface area contributed by atoms with Crippen molar-refractivity contribution >= 4 is 6.09 Å². The molecule has 0 saturated carbocycles. The lowest BCUT2D eigenvalue weighted by Gasteiger charge is -2.35. The number of hydrogen-bond acceptors (Lipinski definition) is 4. The number of carbonyl (C=O) groups is 1. The van der Waals surface area contributed by atoms with Gasteiger partial charge in [0.25, 0.3) is 0 Å². The number of quaternary nitrogens is 2. The summed E-state index contributed by atoms with van der Waals surface area (Å²) in [6.07, 6.45) is -1.16. The minimum absolute atomic E-state index is 0. The molecule has 2 N–H and O–H groups in total. The van der Waals surface area contributed by atoms with Crippen molar-refractivity contribution in [2.75, 3.05) is 53.4 Å². The first-order valence-electron chi connectivity index (χ1n) is 13.1. The third-order valence-corrected chi connectivity index (χ3v) is 7.30. The Bertz CT molecular complexity index is 770. The predicted molar refractivity (Wildman–Crippen MR) is 146 cm³/mol. The molecule has 0 aliphatic carbocycles. The van der Waals surface area contributed by atoms with Crippen molar-refractivity contribution in [3.63, 3.8) is 0 Å². The van der Waals surface area contributed by atoms with Gasteiger partial charge in [0.2, 0.25) is 0 Å². The Morgan fingerprint density at radius 3 is 1.03 bits per heavy atom. The molecule has 0 fully saturated rings. The molecule has 0 radical (unpaired) electrons. The van der Waals surface area contributed by atoms with Crippen molar-refractivity contribution in [3.8, 4) is 11.5 Å². The maximum Gasteiger partial charge on any atom is 0.136 e. The minimum Gasteiger partial charge on any atom is -1.00 e. The Balaban J connectivity index is 0. The number of carbonyl (C=O) groups excluding carboxylic acids is 1. The molecule has 0 unspecified atom stereocenters. The smallest absolute Gasteiger partial charge is 0.136 e. The van der Waals surface area contributed by atoms with Crippen molar-refractivity contribution in [1.29, 1.82) is 0 Å². The highest BCUT2D eigenvalue weighted by molar-refractivity contribution is 5.61. The zero-order valence-electron chi connectivity index (χ0n) is 24.2. The lowest BCUT2D eigenvalue weighted by atomic mass is 10.1. The fourth-order valence-corrected chi connectivity index (χ4v) is 3.99. The van der Waals surface area contributed by atoms with Gasteiger partial charge in [-0.2, -0.15) is 0 Å². The van der Waals surface area contributed by atoms with Crippen molar-refractivity contribution < 1.29 is 46.1 Å². The summed E-state index contributed by atoms with van der Waals surface area (Å²) in [4.78, 5) is 10.5. The molecule has 0 heterocycles. The van der Waals surface area contributed by atoms with Gasteiger partial charge < -0.3 is 51.0 Å². The number of benzene rings is 2. The average Bonchev–Trinajstić information content (AvgIpc) is 2.89. The van der Waals surface area contributed by atoms with Gasteiger partial charge in [0.15, 0.2) is 0 Å². The summed E-state index contributed by atoms with van der Waals surface area (Å²) >= 11 is 0. The SMILES string of the molecule is CC[N+](CC)(CC)Cc1ccc(O)cc1.CC[N+](CC)(CC)Cc1ccc(O)cc1.CN(C)C(=O)[O-].[Br-]. The molecule has 0 aliphatic heterocycles.